The number of hydrogen-bond donors (Lipinski definition) is 2. The molecule has 0 spiro atoms. The van der Waals surface area contributed by atoms with E-state index < -0.39 is 5.60 Å². The molecule has 0 saturated heterocycles. The maximum absolute atomic E-state index is 12.1. The number of nitrogens with one attached hydrogen (secondary N) is 1. The summed E-state index contributed by atoms with van der Waals surface area (Å²) in [4.78, 5) is 24.3. The number of aliphatic hydroxyl groups is 1. The van der Waals surface area contributed by atoms with Crippen LogP contribution in [-0.2, 0) is 4.79 Å². The first-order valence-corrected chi connectivity index (χ1v) is 7.66. The summed E-state index contributed by atoms with van der Waals surface area (Å²) in [5.41, 5.74) is 0.206. The SMILES string of the molecule is [C-]#[N+]c1ccc2nc(NC(=O)CC(C)(C)O)n(C3CCC3)c2n1. The molecule has 1 amide bonds. The number of pyridine rings is 1. The van der Waals surface area contributed by atoms with Gasteiger partial charge in [-0.05, 0) is 45.2 Å². The third kappa shape index (κ3) is 3.17. The summed E-state index contributed by atoms with van der Waals surface area (Å²) in [6.45, 7) is 10.3. The monoisotopic (exact) mass is 313 g/mol. The lowest BCUT2D eigenvalue weighted by atomic mass is 9.93. The average molecular weight is 313 g/mol. The van der Waals surface area contributed by atoms with Crippen molar-refractivity contribution >= 4 is 28.8 Å². The number of anilines is 1. The van der Waals surface area contributed by atoms with Gasteiger partial charge in [-0.3, -0.25) is 14.7 Å². The molecule has 2 heterocycles. The van der Waals surface area contributed by atoms with E-state index in [9.17, 15) is 9.90 Å². The number of carbonyl (C=O) groups is 1. The molecule has 2 aromatic rings. The minimum Gasteiger partial charge on any atom is -0.390 e. The van der Waals surface area contributed by atoms with Gasteiger partial charge in [0.1, 0.15) is 5.52 Å². The number of carbonyl (C=O) groups excluding carboxylic acids is 1. The van der Waals surface area contributed by atoms with Gasteiger partial charge in [0.2, 0.25) is 11.9 Å². The lowest BCUT2D eigenvalue weighted by Gasteiger charge is -2.27. The van der Waals surface area contributed by atoms with Gasteiger partial charge in [-0.2, -0.15) is 0 Å². The minimum atomic E-state index is -1.08. The van der Waals surface area contributed by atoms with Crippen LogP contribution in [0.15, 0.2) is 12.1 Å². The molecular formula is C16H19N5O2. The largest absolute Gasteiger partial charge is 0.390 e. The Hall–Kier alpha value is -2.46. The molecule has 23 heavy (non-hydrogen) atoms. The quantitative estimate of drug-likeness (QED) is 0.850. The Kier molecular flexibility index (Phi) is 3.78. The van der Waals surface area contributed by atoms with E-state index in [4.69, 9.17) is 6.57 Å². The molecule has 3 rings (SSSR count). The van der Waals surface area contributed by atoms with E-state index in [0.717, 1.165) is 19.3 Å². The highest BCUT2D eigenvalue weighted by atomic mass is 16.3. The lowest BCUT2D eigenvalue weighted by molar-refractivity contribution is -0.119. The third-order valence-electron chi connectivity index (χ3n) is 3.92. The van der Waals surface area contributed by atoms with E-state index in [2.05, 4.69) is 20.1 Å². The van der Waals surface area contributed by atoms with Gasteiger partial charge >= 0.3 is 0 Å². The smallest absolute Gasteiger partial charge is 0.271 e. The second-order valence-corrected chi connectivity index (χ2v) is 6.55. The first kappa shape index (κ1) is 15.4. The first-order chi connectivity index (χ1) is 10.9. The Morgan fingerprint density at radius 1 is 1.48 bits per heavy atom. The van der Waals surface area contributed by atoms with Crippen molar-refractivity contribution in [2.24, 2.45) is 0 Å². The van der Waals surface area contributed by atoms with Crippen LogP contribution in [0.1, 0.15) is 45.6 Å². The Bertz CT molecular complexity index is 793. The summed E-state index contributed by atoms with van der Waals surface area (Å²) >= 11 is 0. The fourth-order valence-corrected chi connectivity index (χ4v) is 2.67. The molecule has 2 aromatic heterocycles. The zero-order chi connectivity index (χ0) is 16.6. The molecule has 0 aromatic carbocycles. The molecule has 0 radical (unpaired) electrons. The maximum Gasteiger partial charge on any atom is 0.271 e. The van der Waals surface area contributed by atoms with Crippen LogP contribution in [0.4, 0.5) is 11.8 Å². The van der Waals surface area contributed by atoms with Crippen molar-refractivity contribution in [1.82, 2.24) is 14.5 Å². The molecular weight excluding hydrogens is 294 g/mol. The molecule has 120 valence electrons. The van der Waals surface area contributed by atoms with E-state index in [1.54, 1.807) is 26.0 Å². The van der Waals surface area contributed by atoms with Crippen LogP contribution >= 0.6 is 0 Å². The summed E-state index contributed by atoms with van der Waals surface area (Å²) in [6, 6.07) is 3.61. The van der Waals surface area contributed by atoms with Gasteiger partial charge < -0.3 is 9.95 Å². The molecule has 7 heteroatoms. The molecule has 7 nitrogen and oxygen atoms in total. The Morgan fingerprint density at radius 2 is 2.22 bits per heavy atom. The van der Waals surface area contributed by atoms with Crippen molar-refractivity contribution in [3.8, 4) is 0 Å². The van der Waals surface area contributed by atoms with Gasteiger partial charge in [0, 0.05) is 6.04 Å². The topological polar surface area (TPSA) is 84.4 Å². The van der Waals surface area contributed by atoms with Gasteiger partial charge in [-0.15, -0.1) is 0 Å². The number of imidazole rings is 1. The summed E-state index contributed by atoms with van der Waals surface area (Å²) in [5.74, 6) is 0.458. The molecule has 0 atom stereocenters. The van der Waals surface area contributed by atoms with Gasteiger partial charge in [0.15, 0.2) is 0 Å². The van der Waals surface area contributed by atoms with Crippen molar-refractivity contribution < 1.29 is 9.90 Å². The molecule has 1 aliphatic carbocycles. The number of aromatic nitrogens is 3. The molecule has 1 fully saturated rings. The normalized spacial score (nSPS) is 15.2. The molecule has 0 unspecified atom stereocenters. The van der Waals surface area contributed by atoms with Crippen molar-refractivity contribution in [2.45, 2.75) is 51.2 Å². The summed E-state index contributed by atoms with van der Waals surface area (Å²) < 4.78 is 1.91. The molecule has 2 N–H and O–H groups in total. The second-order valence-electron chi connectivity index (χ2n) is 6.55. The second kappa shape index (κ2) is 5.63. The predicted molar refractivity (Wildman–Crippen MR) is 86.2 cm³/mol. The highest BCUT2D eigenvalue weighted by Gasteiger charge is 2.28. The highest BCUT2D eigenvalue weighted by molar-refractivity contribution is 5.91. The number of hydrogen-bond acceptors (Lipinski definition) is 4. The van der Waals surface area contributed by atoms with Crippen LogP contribution in [-0.4, -0.2) is 31.1 Å². The summed E-state index contributed by atoms with van der Waals surface area (Å²) in [5, 5.41) is 12.6. The van der Waals surface area contributed by atoms with Crippen LogP contribution in [0.3, 0.4) is 0 Å². The Morgan fingerprint density at radius 3 is 2.78 bits per heavy atom. The average Bonchev–Trinajstić information content (AvgIpc) is 2.72. The Balaban J connectivity index is 1.99. The van der Waals surface area contributed by atoms with Crippen LogP contribution in [0.5, 0.6) is 0 Å². The van der Waals surface area contributed by atoms with E-state index in [1.165, 1.54) is 0 Å². The van der Waals surface area contributed by atoms with Crippen LogP contribution in [0.2, 0.25) is 0 Å². The highest BCUT2D eigenvalue weighted by Crippen LogP contribution is 2.37. The van der Waals surface area contributed by atoms with Crippen molar-refractivity contribution in [2.75, 3.05) is 5.32 Å². The van der Waals surface area contributed by atoms with Crippen LogP contribution in [0, 0.1) is 6.57 Å². The van der Waals surface area contributed by atoms with Gasteiger partial charge in [-0.25, -0.2) is 4.98 Å². The molecule has 0 bridgehead atoms. The molecule has 1 aliphatic rings. The minimum absolute atomic E-state index is 0.0123. The van der Waals surface area contributed by atoms with Gasteiger partial charge in [-0.1, -0.05) is 11.6 Å². The number of rotatable bonds is 4. The number of nitrogens with zero attached hydrogens (tertiary/aromatic N) is 4. The fraction of sp³-hybridized carbons (Fsp3) is 0.500. The van der Waals surface area contributed by atoms with E-state index in [-0.39, 0.29) is 18.4 Å². The number of amides is 1. The lowest BCUT2D eigenvalue weighted by Crippen LogP contribution is -2.29. The van der Waals surface area contributed by atoms with Gasteiger partial charge in [0.05, 0.1) is 12.0 Å². The molecule has 0 aliphatic heterocycles. The predicted octanol–water partition coefficient (Wildman–Crippen LogP) is 2.81. The standard InChI is InChI=1S/C16H19N5O2/c1-16(2,23)9-13(22)20-15-18-11-7-8-12(17-3)19-14(11)21(15)10-5-4-6-10/h7-8,10,23H,4-6,9H2,1-2H3,(H,18,20,22). The van der Waals surface area contributed by atoms with Gasteiger partial charge in [0.25, 0.3) is 11.5 Å². The maximum atomic E-state index is 12.1. The van der Waals surface area contributed by atoms with E-state index in [1.807, 2.05) is 4.57 Å². The summed E-state index contributed by atoms with van der Waals surface area (Å²) in [6.07, 6.45) is 3.12. The zero-order valence-electron chi connectivity index (χ0n) is 13.2. The van der Waals surface area contributed by atoms with Crippen molar-refractivity contribution in [3.05, 3.63) is 23.5 Å². The third-order valence-corrected chi connectivity index (χ3v) is 3.92. The Labute approximate surface area is 134 Å². The fourth-order valence-electron chi connectivity index (χ4n) is 2.67. The van der Waals surface area contributed by atoms with Crippen molar-refractivity contribution in [1.29, 1.82) is 0 Å². The zero-order valence-corrected chi connectivity index (χ0v) is 13.2. The van der Waals surface area contributed by atoms with Crippen molar-refractivity contribution in [3.63, 3.8) is 0 Å². The number of fused-ring (bicyclic) bond motifs is 1. The first-order valence-electron chi connectivity index (χ1n) is 7.66. The summed E-state index contributed by atoms with van der Waals surface area (Å²) in [7, 11) is 0. The van der Waals surface area contributed by atoms with Crippen LogP contribution in [0.25, 0.3) is 16.0 Å². The van der Waals surface area contributed by atoms with E-state index in [0.29, 0.717) is 22.9 Å². The van der Waals surface area contributed by atoms with Crippen LogP contribution < -0.4 is 5.32 Å². The molecule has 1 saturated carbocycles. The van der Waals surface area contributed by atoms with E-state index >= 15 is 0 Å².